The molecule has 0 saturated carbocycles. The minimum atomic E-state index is -0.127. The maximum Gasteiger partial charge on any atom is 0.234 e. The molecule has 1 heterocycles. The normalized spacial score (nSPS) is 11.3. The molecule has 0 aliphatic rings. The predicted molar refractivity (Wildman–Crippen MR) is 147 cm³/mol. The van der Waals surface area contributed by atoms with Crippen molar-refractivity contribution >= 4 is 23.4 Å². The fraction of sp³-hybridized carbons (Fsp3) is 0.276. The Bertz CT molecular complexity index is 1300. The van der Waals surface area contributed by atoms with Crippen molar-refractivity contribution < 1.29 is 9.53 Å². The lowest BCUT2D eigenvalue weighted by Crippen LogP contribution is -2.15. The first-order chi connectivity index (χ1) is 17.3. The zero-order valence-corrected chi connectivity index (χ0v) is 22.0. The molecule has 1 aromatic heterocycles. The second-order valence-electron chi connectivity index (χ2n) is 9.47. The molecular formula is C29H32N4O2S. The number of benzene rings is 3. The molecule has 0 atom stereocenters. The molecule has 0 bridgehead atoms. The number of thioether (sulfide) groups is 1. The van der Waals surface area contributed by atoms with Crippen molar-refractivity contribution in [2.45, 2.75) is 44.8 Å². The summed E-state index contributed by atoms with van der Waals surface area (Å²) in [7, 11) is 0. The van der Waals surface area contributed by atoms with Crippen molar-refractivity contribution in [2.24, 2.45) is 0 Å². The summed E-state index contributed by atoms with van der Waals surface area (Å²) in [5.74, 6) is 1.52. The van der Waals surface area contributed by atoms with Gasteiger partial charge in [-0.3, -0.25) is 9.36 Å². The molecular weight excluding hydrogens is 468 g/mol. The number of carbonyl (C=O) groups excluding carboxylic acids is 1. The van der Waals surface area contributed by atoms with Crippen LogP contribution >= 0.6 is 11.8 Å². The molecule has 1 N–H and O–H groups in total. The third-order valence-electron chi connectivity index (χ3n) is 5.70. The average Bonchev–Trinajstić information content (AvgIpc) is 3.26. The molecule has 0 fully saturated rings. The Morgan fingerprint density at radius 2 is 1.64 bits per heavy atom. The van der Waals surface area contributed by atoms with Gasteiger partial charge in [-0.25, -0.2) is 0 Å². The van der Waals surface area contributed by atoms with Gasteiger partial charge in [0.15, 0.2) is 11.0 Å². The van der Waals surface area contributed by atoms with Gasteiger partial charge in [0.1, 0.15) is 5.75 Å². The molecule has 6 nitrogen and oxygen atoms in total. The first-order valence-corrected chi connectivity index (χ1v) is 13.1. The van der Waals surface area contributed by atoms with E-state index in [-0.39, 0.29) is 17.1 Å². The standard InChI is InChI=1S/C29H32N4O2S/c1-5-35-25-14-10-9-13-24(25)30-26(34)20-36-28-32-31-27(33(28)19-21-11-7-6-8-12-21)22-15-17-23(18-16-22)29(2,3)4/h6-18H,5,19-20H2,1-4H3,(H,30,34). The minimum Gasteiger partial charge on any atom is -0.492 e. The number of ether oxygens (including phenoxy) is 1. The van der Waals surface area contributed by atoms with Gasteiger partial charge in [-0.1, -0.05) is 99.3 Å². The van der Waals surface area contributed by atoms with Gasteiger partial charge in [-0.15, -0.1) is 10.2 Å². The molecule has 36 heavy (non-hydrogen) atoms. The van der Waals surface area contributed by atoms with Crippen molar-refractivity contribution in [1.82, 2.24) is 14.8 Å². The fourth-order valence-electron chi connectivity index (χ4n) is 3.80. The number of amides is 1. The lowest BCUT2D eigenvalue weighted by Gasteiger charge is -2.19. The number of para-hydroxylation sites is 2. The van der Waals surface area contributed by atoms with E-state index in [1.165, 1.54) is 17.3 Å². The largest absolute Gasteiger partial charge is 0.492 e. The Morgan fingerprint density at radius 3 is 2.33 bits per heavy atom. The summed E-state index contributed by atoms with van der Waals surface area (Å²) in [6.07, 6.45) is 0. The van der Waals surface area contributed by atoms with Crippen LogP contribution < -0.4 is 10.1 Å². The molecule has 1 amide bonds. The summed E-state index contributed by atoms with van der Waals surface area (Å²) in [6.45, 7) is 9.67. The molecule has 0 spiro atoms. The number of aromatic nitrogens is 3. The van der Waals surface area contributed by atoms with Crippen LogP contribution in [-0.2, 0) is 16.8 Å². The highest BCUT2D eigenvalue weighted by Gasteiger charge is 2.18. The van der Waals surface area contributed by atoms with Crippen molar-refractivity contribution in [1.29, 1.82) is 0 Å². The van der Waals surface area contributed by atoms with E-state index in [4.69, 9.17) is 4.74 Å². The average molecular weight is 501 g/mol. The van der Waals surface area contributed by atoms with Crippen molar-refractivity contribution in [3.05, 3.63) is 90.0 Å². The van der Waals surface area contributed by atoms with Crippen LogP contribution in [0.4, 0.5) is 5.69 Å². The summed E-state index contributed by atoms with van der Waals surface area (Å²) in [5.41, 5.74) is 4.13. The van der Waals surface area contributed by atoms with Gasteiger partial charge in [0.05, 0.1) is 24.6 Å². The van der Waals surface area contributed by atoms with Crippen molar-refractivity contribution in [3.63, 3.8) is 0 Å². The number of rotatable bonds is 9. The number of hydrogen-bond acceptors (Lipinski definition) is 5. The zero-order chi connectivity index (χ0) is 25.5. The zero-order valence-electron chi connectivity index (χ0n) is 21.2. The van der Waals surface area contributed by atoms with Gasteiger partial charge in [-0.05, 0) is 35.6 Å². The van der Waals surface area contributed by atoms with Gasteiger partial charge in [-0.2, -0.15) is 0 Å². The first-order valence-electron chi connectivity index (χ1n) is 12.1. The smallest absolute Gasteiger partial charge is 0.234 e. The summed E-state index contributed by atoms with van der Waals surface area (Å²) in [6, 6.07) is 26.1. The molecule has 4 rings (SSSR count). The molecule has 186 valence electrons. The van der Waals surface area contributed by atoms with Crippen LogP contribution in [0.25, 0.3) is 11.4 Å². The van der Waals surface area contributed by atoms with Gasteiger partial charge < -0.3 is 10.1 Å². The minimum absolute atomic E-state index is 0.0748. The number of carbonyl (C=O) groups is 1. The van der Waals surface area contributed by atoms with E-state index >= 15 is 0 Å². The summed E-state index contributed by atoms with van der Waals surface area (Å²) < 4.78 is 7.70. The quantitative estimate of drug-likeness (QED) is 0.269. The molecule has 0 aliphatic heterocycles. The second kappa shape index (κ2) is 11.4. The Labute approximate surface area is 217 Å². The Hall–Kier alpha value is -3.58. The van der Waals surface area contributed by atoms with E-state index in [0.717, 1.165) is 17.0 Å². The molecule has 3 aromatic carbocycles. The fourth-order valence-corrected chi connectivity index (χ4v) is 4.54. The Morgan fingerprint density at radius 1 is 0.944 bits per heavy atom. The third-order valence-corrected chi connectivity index (χ3v) is 6.67. The molecule has 7 heteroatoms. The molecule has 0 radical (unpaired) electrons. The highest BCUT2D eigenvalue weighted by molar-refractivity contribution is 7.99. The van der Waals surface area contributed by atoms with Crippen LogP contribution in [0.2, 0.25) is 0 Å². The molecule has 4 aromatic rings. The van der Waals surface area contributed by atoms with Crippen molar-refractivity contribution in [3.8, 4) is 17.1 Å². The van der Waals surface area contributed by atoms with E-state index < -0.39 is 0 Å². The SMILES string of the molecule is CCOc1ccccc1NC(=O)CSc1nnc(-c2ccc(C(C)(C)C)cc2)n1Cc1ccccc1. The molecule has 0 unspecified atom stereocenters. The van der Waals surface area contributed by atoms with Gasteiger partial charge in [0.2, 0.25) is 5.91 Å². The lowest BCUT2D eigenvalue weighted by molar-refractivity contribution is -0.113. The molecule has 0 aliphatic carbocycles. The highest BCUT2D eigenvalue weighted by Crippen LogP contribution is 2.29. The second-order valence-corrected chi connectivity index (χ2v) is 10.4. The third kappa shape index (κ3) is 6.34. The number of nitrogens with one attached hydrogen (secondary N) is 1. The van der Waals surface area contributed by atoms with E-state index in [2.05, 4.69) is 77.3 Å². The maximum atomic E-state index is 12.8. The monoisotopic (exact) mass is 500 g/mol. The first kappa shape index (κ1) is 25.5. The lowest BCUT2D eigenvalue weighted by atomic mass is 9.87. The van der Waals surface area contributed by atoms with Gasteiger partial charge >= 0.3 is 0 Å². The summed E-state index contributed by atoms with van der Waals surface area (Å²) in [4.78, 5) is 12.8. The van der Waals surface area contributed by atoms with E-state index in [1.807, 2.05) is 49.4 Å². The number of anilines is 1. The van der Waals surface area contributed by atoms with E-state index in [1.54, 1.807) is 0 Å². The predicted octanol–water partition coefficient (Wildman–Crippen LogP) is 6.42. The topological polar surface area (TPSA) is 69.0 Å². The Balaban J connectivity index is 1.56. The van der Waals surface area contributed by atoms with Crippen LogP contribution in [0.1, 0.15) is 38.8 Å². The maximum absolute atomic E-state index is 12.8. The van der Waals surface area contributed by atoms with Gasteiger partial charge in [0, 0.05) is 5.56 Å². The van der Waals surface area contributed by atoms with Crippen LogP contribution in [0, 0.1) is 0 Å². The Kier molecular flexibility index (Phi) is 8.10. The highest BCUT2D eigenvalue weighted by atomic mass is 32.2. The summed E-state index contributed by atoms with van der Waals surface area (Å²) in [5, 5.41) is 12.6. The number of hydrogen-bond donors (Lipinski definition) is 1. The number of nitrogens with zero attached hydrogens (tertiary/aromatic N) is 3. The van der Waals surface area contributed by atoms with Crippen LogP contribution in [0.15, 0.2) is 84.0 Å². The van der Waals surface area contributed by atoms with Crippen molar-refractivity contribution in [2.75, 3.05) is 17.7 Å². The molecule has 0 saturated heterocycles. The van der Waals surface area contributed by atoms with Crippen LogP contribution in [-0.4, -0.2) is 33.0 Å². The van der Waals surface area contributed by atoms with Crippen LogP contribution in [0.5, 0.6) is 5.75 Å². The van der Waals surface area contributed by atoms with E-state index in [0.29, 0.717) is 29.7 Å². The van der Waals surface area contributed by atoms with Crippen LogP contribution in [0.3, 0.4) is 0 Å². The van der Waals surface area contributed by atoms with E-state index in [9.17, 15) is 4.79 Å². The van der Waals surface area contributed by atoms with Gasteiger partial charge in [0.25, 0.3) is 0 Å². The summed E-state index contributed by atoms with van der Waals surface area (Å²) >= 11 is 1.37.